The highest BCUT2D eigenvalue weighted by Gasteiger charge is 2.27. The fraction of sp³-hybridized carbons (Fsp3) is 0.438. The van der Waals surface area contributed by atoms with Crippen LogP contribution < -0.4 is 4.74 Å². The van der Waals surface area contributed by atoms with Crippen molar-refractivity contribution in [1.29, 1.82) is 0 Å². The van der Waals surface area contributed by atoms with Gasteiger partial charge in [-0.15, -0.1) is 0 Å². The highest BCUT2D eigenvalue weighted by atomic mass is 19.2. The fourth-order valence-electron chi connectivity index (χ4n) is 5.09. The average Bonchev–Trinajstić information content (AvgIpc) is 2.93. The topological polar surface area (TPSA) is 18.5 Å². The van der Waals surface area contributed by atoms with Gasteiger partial charge in [0.05, 0.1) is 19.3 Å². The zero-order valence-corrected chi connectivity index (χ0v) is 22.2. The Balaban J connectivity index is 1.30. The van der Waals surface area contributed by atoms with Crippen molar-refractivity contribution in [3.8, 4) is 16.9 Å². The Kier molecular flexibility index (Phi) is 9.84. The second-order valence-corrected chi connectivity index (χ2v) is 10.2. The van der Waals surface area contributed by atoms with E-state index >= 15 is 4.39 Å². The highest BCUT2D eigenvalue weighted by Crippen LogP contribution is 2.38. The molecule has 0 spiro atoms. The predicted molar refractivity (Wildman–Crippen MR) is 142 cm³/mol. The molecule has 0 atom stereocenters. The van der Waals surface area contributed by atoms with Crippen LogP contribution in [0.3, 0.4) is 0 Å². The molecule has 0 bridgehead atoms. The second kappa shape index (κ2) is 13.3. The van der Waals surface area contributed by atoms with Gasteiger partial charge in [0.15, 0.2) is 23.2 Å². The minimum absolute atomic E-state index is 0.0525. The number of hydrogen-bond acceptors (Lipinski definition) is 2. The summed E-state index contributed by atoms with van der Waals surface area (Å²) >= 11 is 0. The van der Waals surface area contributed by atoms with Gasteiger partial charge in [0.2, 0.25) is 5.82 Å². The number of ether oxygens (including phenoxy) is 2. The highest BCUT2D eigenvalue weighted by molar-refractivity contribution is 5.65. The maximum absolute atomic E-state index is 15.0. The molecule has 38 heavy (non-hydrogen) atoms. The quantitative estimate of drug-likeness (QED) is 0.182. The molecule has 0 aromatic heterocycles. The summed E-state index contributed by atoms with van der Waals surface area (Å²) in [6, 6.07) is 13.6. The van der Waals surface area contributed by atoms with Crippen LogP contribution in [0, 0.1) is 30.2 Å². The van der Waals surface area contributed by atoms with Crippen LogP contribution in [0.25, 0.3) is 11.1 Å². The minimum Gasteiger partial charge on any atom is -0.490 e. The molecule has 0 radical (unpaired) electrons. The van der Waals surface area contributed by atoms with Gasteiger partial charge in [0.25, 0.3) is 0 Å². The molecule has 0 unspecified atom stereocenters. The standard InChI is InChI=1S/C32H36F4O2/c1-3-4-5-6-19-37-28-18-13-24(29(33)32(28)36)20-38-25-14-11-23(12-15-25)27-17-16-26(30(34)31(27)35)22-9-7-21(2)8-10-22/h7-10,13,16-18,23,25H,3-6,11-12,14-15,19-20H2,1-2H3. The Morgan fingerprint density at radius 2 is 1.47 bits per heavy atom. The first-order chi connectivity index (χ1) is 18.4. The lowest BCUT2D eigenvalue weighted by molar-refractivity contribution is 0.0116. The third kappa shape index (κ3) is 6.76. The van der Waals surface area contributed by atoms with Crippen molar-refractivity contribution in [2.24, 2.45) is 0 Å². The monoisotopic (exact) mass is 528 g/mol. The SMILES string of the molecule is CCCCCCOc1ccc(COC2CCC(c3ccc(-c4ccc(C)cc4)c(F)c3F)CC2)c(F)c1F. The lowest BCUT2D eigenvalue weighted by Crippen LogP contribution is -2.21. The van der Waals surface area contributed by atoms with Gasteiger partial charge in [-0.3, -0.25) is 0 Å². The van der Waals surface area contributed by atoms with Gasteiger partial charge in [0.1, 0.15) is 0 Å². The lowest BCUT2D eigenvalue weighted by Gasteiger charge is -2.29. The zero-order valence-electron chi connectivity index (χ0n) is 22.2. The molecule has 3 aromatic rings. The maximum atomic E-state index is 15.0. The molecule has 0 heterocycles. The Morgan fingerprint density at radius 3 is 2.18 bits per heavy atom. The van der Waals surface area contributed by atoms with Crippen molar-refractivity contribution < 1.29 is 27.0 Å². The summed E-state index contributed by atoms with van der Waals surface area (Å²) in [7, 11) is 0. The molecule has 0 saturated heterocycles. The third-order valence-corrected chi connectivity index (χ3v) is 7.45. The number of aryl methyl sites for hydroxylation is 1. The number of benzene rings is 3. The molecule has 1 saturated carbocycles. The molecule has 4 rings (SSSR count). The van der Waals surface area contributed by atoms with Crippen LogP contribution in [0.1, 0.15) is 80.9 Å². The number of halogens is 4. The summed E-state index contributed by atoms with van der Waals surface area (Å²) in [5.41, 5.74) is 2.48. The van der Waals surface area contributed by atoms with E-state index in [4.69, 9.17) is 9.47 Å². The van der Waals surface area contributed by atoms with Gasteiger partial charge >= 0.3 is 0 Å². The second-order valence-electron chi connectivity index (χ2n) is 10.2. The number of rotatable bonds is 11. The average molecular weight is 529 g/mol. The van der Waals surface area contributed by atoms with Crippen LogP contribution in [0.4, 0.5) is 17.6 Å². The molecule has 0 N–H and O–H groups in total. The van der Waals surface area contributed by atoms with Gasteiger partial charge in [-0.05, 0) is 68.2 Å². The molecular weight excluding hydrogens is 492 g/mol. The van der Waals surface area contributed by atoms with E-state index in [-0.39, 0.29) is 35.5 Å². The van der Waals surface area contributed by atoms with E-state index in [1.807, 2.05) is 19.1 Å². The van der Waals surface area contributed by atoms with E-state index in [2.05, 4.69) is 6.92 Å². The van der Waals surface area contributed by atoms with Crippen molar-refractivity contribution in [2.75, 3.05) is 6.61 Å². The van der Waals surface area contributed by atoms with Gasteiger partial charge in [-0.2, -0.15) is 4.39 Å². The normalized spacial score (nSPS) is 17.5. The van der Waals surface area contributed by atoms with Crippen LogP contribution in [0.2, 0.25) is 0 Å². The maximum Gasteiger partial charge on any atom is 0.200 e. The lowest BCUT2D eigenvalue weighted by atomic mass is 9.82. The Hall–Kier alpha value is -2.86. The summed E-state index contributed by atoms with van der Waals surface area (Å²) in [6.45, 7) is 4.35. The van der Waals surface area contributed by atoms with Crippen LogP contribution in [-0.2, 0) is 11.3 Å². The summed E-state index contributed by atoms with van der Waals surface area (Å²) in [6.07, 6.45) is 6.36. The first-order valence-corrected chi connectivity index (χ1v) is 13.6. The van der Waals surface area contributed by atoms with Gasteiger partial charge in [-0.1, -0.05) is 68.1 Å². The summed E-state index contributed by atoms with van der Waals surface area (Å²) in [4.78, 5) is 0. The van der Waals surface area contributed by atoms with E-state index in [1.165, 1.54) is 12.1 Å². The molecule has 0 amide bonds. The largest absolute Gasteiger partial charge is 0.490 e. The van der Waals surface area contributed by atoms with E-state index < -0.39 is 23.3 Å². The van der Waals surface area contributed by atoms with Crippen molar-refractivity contribution in [3.63, 3.8) is 0 Å². The van der Waals surface area contributed by atoms with Gasteiger partial charge in [0, 0.05) is 11.1 Å². The molecule has 0 aliphatic heterocycles. The predicted octanol–water partition coefficient (Wildman–Crippen LogP) is 9.42. The van der Waals surface area contributed by atoms with E-state index in [0.29, 0.717) is 43.4 Å². The van der Waals surface area contributed by atoms with E-state index in [0.717, 1.165) is 31.2 Å². The first-order valence-electron chi connectivity index (χ1n) is 13.6. The van der Waals surface area contributed by atoms with Crippen molar-refractivity contribution in [3.05, 3.63) is 88.5 Å². The fourth-order valence-corrected chi connectivity index (χ4v) is 5.09. The van der Waals surface area contributed by atoms with Crippen molar-refractivity contribution in [1.82, 2.24) is 0 Å². The number of hydrogen-bond donors (Lipinski definition) is 0. The minimum atomic E-state index is -0.989. The van der Waals surface area contributed by atoms with Crippen LogP contribution in [0.15, 0.2) is 48.5 Å². The molecule has 3 aromatic carbocycles. The molecule has 1 aliphatic rings. The Morgan fingerprint density at radius 1 is 0.737 bits per heavy atom. The van der Waals surface area contributed by atoms with Gasteiger partial charge in [-0.25, -0.2) is 13.2 Å². The molecule has 1 fully saturated rings. The summed E-state index contributed by atoms with van der Waals surface area (Å²) < 4.78 is 70.3. The molecule has 204 valence electrons. The van der Waals surface area contributed by atoms with Crippen LogP contribution in [0.5, 0.6) is 5.75 Å². The molecule has 2 nitrogen and oxygen atoms in total. The Bertz CT molecular complexity index is 1200. The molecule has 6 heteroatoms. The summed E-state index contributed by atoms with van der Waals surface area (Å²) in [5.74, 6) is -3.74. The zero-order chi connectivity index (χ0) is 27.1. The van der Waals surface area contributed by atoms with E-state index in [1.54, 1.807) is 24.3 Å². The molecular formula is C32H36F4O2. The Labute approximate surface area is 223 Å². The number of unbranched alkanes of at least 4 members (excludes halogenated alkanes) is 3. The van der Waals surface area contributed by atoms with E-state index in [9.17, 15) is 13.2 Å². The van der Waals surface area contributed by atoms with Crippen molar-refractivity contribution in [2.45, 2.75) is 83.8 Å². The smallest absolute Gasteiger partial charge is 0.200 e. The first kappa shape index (κ1) is 28.2. The third-order valence-electron chi connectivity index (χ3n) is 7.45. The summed E-state index contributed by atoms with van der Waals surface area (Å²) in [5, 5.41) is 0. The van der Waals surface area contributed by atoms with Crippen LogP contribution >= 0.6 is 0 Å². The van der Waals surface area contributed by atoms with Crippen LogP contribution in [-0.4, -0.2) is 12.7 Å². The van der Waals surface area contributed by atoms with Gasteiger partial charge < -0.3 is 9.47 Å². The van der Waals surface area contributed by atoms with Crippen molar-refractivity contribution >= 4 is 0 Å². The molecule has 1 aliphatic carbocycles.